The number of benzene rings is 2. The molecule has 0 aliphatic rings. The average Bonchev–Trinajstić information content (AvgIpc) is 2.59. The standard InChI is InChI=1S/C18H16N2O2/c1-21-17-6-3-7-18(11-17)22-9-8-16(13-20)15-5-2-4-14(10-15)12-19/h2-7,10-11,16H,8-9H2,1H3. The van der Waals surface area contributed by atoms with Crippen LogP contribution in [-0.4, -0.2) is 13.7 Å². The molecule has 0 aromatic heterocycles. The van der Waals surface area contributed by atoms with Crippen molar-refractivity contribution in [1.29, 1.82) is 10.5 Å². The van der Waals surface area contributed by atoms with E-state index in [9.17, 15) is 5.26 Å². The van der Waals surface area contributed by atoms with Gasteiger partial charge in [0.05, 0.1) is 37.3 Å². The lowest BCUT2D eigenvalue weighted by atomic mass is 9.96. The van der Waals surface area contributed by atoms with Crippen LogP contribution in [0.4, 0.5) is 0 Å². The molecule has 2 rings (SSSR count). The Morgan fingerprint density at radius 1 is 1.05 bits per heavy atom. The van der Waals surface area contributed by atoms with Crippen molar-refractivity contribution < 1.29 is 9.47 Å². The summed E-state index contributed by atoms with van der Waals surface area (Å²) in [4.78, 5) is 0. The van der Waals surface area contributed by atoms with Crippen LogP contribution in [0.3, 0.4) is 0 Å². The average molecular weight is 292 g/mol. The molecule has 0 amide bonds. The number of rotatable bonds is 6. The van der Waals surface area contributed by atoms with E-state index >= 15 is 0 Å². The van der Waals surface area contributed by atoms with Gasteiger partial charge in [-0.2, -0.15) is 10.5 Å². The van der Waals surface area contributed by atoms with E-state index in [0.29, 0.717) is 24.3 Å². The molecular formula is C18H16N2O2. The van der Waals surface area contributed by atoms with Crippen LogP contribution in [0, 0.1) is 22.7 Å². The van der Waals surface area contributed by atoms with Crippen LogP contribution < -0.4 is 9.47 Å². The van der Waals surface area contributed by atoms with Crippen molar-refractivity contribution in [2.45, 2.75) is 12.3 Å². The van der Waals surface area contributed by atoms with Crippen molar-refractivity contribution in [3.8, 4) is 23.6 Å². The zero-order valence-corrected chi connectivity index (χ0v) is 12.3. The van der Waals surface area contributed by atoms with Gasteiger partial charge < -0.3 is 9.47 Å². The van der Waals surface area contributed by atoms with Crippen LogP contribution in [0.2, 0.25) is 0 Å². The molecule has 0 fully saturated rings. The van der Waals surface area contributed by atoms with Crippen LogP contribution >= 0.6 is 0 Å². The molecule has 0 aliphatic carbocycles. The Labute approximate surface area is 130 Å². The quantitative estimate of drug-likeness (QED) is 0.815. The molecule has 0 spiro atoms. The number of nitrogens with zero attached hydrogens (tertiary/aromatic N) is 2. The molecule has 4 heteroatoms. The Balaban J connectivity index is 1.96. The van der Waals surface area contributed by atoms with Gasteiger partial charge in [0.1, 0.15) is 11.5 Å². The van der Waals surface area contributed by atoms with E-state index in [1.54, 1.807) is 31.4 Å². The van der Waals surface area contributed by atoms with E-state index in [1.807, 2.05) is 24.3 Å². The van der Waals surface area contributed by atoms with Gasteiger partial charge in [-0.05, 0) is 29.8 Å². The minimum absolute atomic E-state index is 0.293. The van der Waals surface area contributed by atoms with Crippen LogP contribution in [0.1, 0.15) is 23.5 Å². The lowest BCUT2D eigenvalue weighted by Gasteiger charge is -2.11. The second kappa shape index (κ2) is 7.71. The first kappa shape index (κ1) is 15.4. The molecule has 0 heterocycles. The number of hydrogen-bond donors (Lipinski definition) is 0. The van der Waals surface area contributed by atoms with Gasteiger partial charge in [-0.3, -0.25) is 0 Å². The number of hydrogen-bond acceptors (Lipinski definition) is 4. The normalized spacial score (nSPS) is 11.0. The third-order valence-electron chi connectivity index (χ3n) is 3.29. The molecule has 2 aromatic rings. The molecule has 4 nitrogen and oxygen atoms in total. The van der Waals surface area contributed by atoms with Gasteiger partial charge in [0.2, 0.25) is 0 Å². The van der Waals surface area contributed by atoms with Crippen molar-refractivity contribution in [3.05, 3.63) is 59.7 Å². The van der Waals surface area contributed by atoms with Gasteiger partial charge in [0.15, 0.2) is 0 Å². The fourth-order valence-electron chi connectivity index (χ4n) is 2.12. The van der Waals surface area contributed by atoms with Crippen LogP contribution in [0.25, 0.3) is 0 Å². The molecule has 0 saturated carbocycles. The first-order chi connectivity index (χ1) is 10.8. The first-order valence-corrected chi connectivity index (χ1v) is 6.93. The zero-order valence-electron chi connectivity index (χ0n) is 12.3. The van der Waals surface area contributed by atoms with Gasteiger partial charge in [-0.1, -0.05) is 18.2 Å². The Morgan fingerprint density at radius 3 is 2.55 bits per heavy atom. The van der Waals surface area contributed by atoms with E-state index in [4.69, 9.17) is 14.7 Å². The van der Waals surface area contributed by atoms with Gasteiger partial charge >= 0.3 is 0 Å². The molecule has 1 unspecified atom stereocenters. The summed E-state index contributed by atoms with van der Waals surface area (Å²) in [5.74, 6) is 1.15. The van der Waals surface area contributed by atoms with Gasteiger partial charge in [-0.15, -0.1) is 0 Å². The maximum Gasteiger partial charge on any atom is 0.122 e. The Hall–Kier alpha value is -2.98. The minimum Gasteiger partial charge on any atom is -0.497 e. The summed E-state index contributed by atoms with van der Waals surface area (Å²) in [6, 6.07) is 18.8. The second-order valence-corrected chi connectivity index (χ2v) is 4.74. The second-order valence-electron chi connectivity index (χ2n) is 4.74. The highest BCUT2D eigenvalue weighted by Crippen LogP contribution is 2.22. The Kier molecular flexibility index (Phi) is 5.40. The maximum absolute atomic E-state index is 9.31. The van der Waals surface area contributed by atoms with Crippen molar-refractivity contribution in [1.82, 2.24) is 0 Å². The summed E-state index contributed by atoms with van der Waals surface area (Å²) in [5.41, 5.74) is 1.40. The molecule has 110 valence electrons. The fraction of sp³-hybridized carbons (Fsp3) is 0.222. The maximum atomic E-state index is 9.31. The van der Waals surface area contributed by atoms with Crippen molar-refractivity contribution in [2.24, 2.45) is 0 Å². The number of methoxy groups -OCH3 is 1. The monoisotopic (exact) mass is 292 g/mol. The highest BCUT2D eigenvalue weighted by Gasteiger charge is 2.11. The molecule has 1 atom stereocenters. The van der Waals surface area contributed by atoms with Crippen LogP contribution in [0.5, 0.6) is 11.5 Å². The van der Waals surface area contributed by atoms with E-state index < -0.39 is 0 Å². The topological polar surface area (TPSA) is 66.0 Å². The van der Waals surface area contributed by atoms with Crippen LogP contribution in [0.15, 0.2) is 48.5 Å². The summed E-state index contributed by atoms with van der Waals surface area (Å²) in [6.07, 6.45) is 0.558. The summed E-state index contributed by atoms with van der Waals surface area (Å²) < 4.78 is 10.8. The van der Waals surface area contributed by atoms with Crippen molar-refractivity contribution in [2.75, 3.05) is 13.7 Å². The lowest BCUT2D eigenvalue weighted by Crippen LogP contribution is -2.05. The molecule has 0 bridgehead atoms. The summed E-state index contributed by atoms with van der Waals surface area (Å²) in [5, 5.41) is 18.2. The highest BCUT2D eigenvalue weighted by molar-refractivity contribution is 5.36. The third kappa shape index (κ3) is 4.01. The molecule has 0 aliphatic heterocycles. The molecule has 0 saturated heterocycles. The van der Waals surface area contributed by atoms with E-state index in [1.165, 1.54) is 0 Å². The van der Waals surface area contributed by atoms with Crippen LogP contribution in [-0.2, 0) is 0 Å². The van der Waals surface area contributed by atoms with E-state index in [0.717, 1.165) is 11.3 Å². The SMILES string of the molecule is COc1cccc(OCCC(C#N)c2cccc(C#N)c2)c1. The van der Waals surface area contributed by atoms with E-state index in [-0.39, 0.29) is 5.92 Å². The molecule has 0 N–H and O–H groups in total. The fourth-order valence-corrected chi connectivity index (χ4v) is 2.12. The smallest absolute Gasteiger partial charge is 0.122 e. The highest BCUT2D eigenvalue weighted by atomic mass is 16.5. The number of nitriles is 2. The molecule has 22 heavy (non-hydrogen) atoms. The Bertz CT molecular complexity index is 714. The van der Waals surface area contributed by atoms with Gasteiger partial charge in [0, 0.05) is 12.5 Å². The van der Waals surface area contributed by atoms with E-state index in [2.05, 4.69) is 12.1 Å². The van der Waals surface area contributed by atoms with Gasteiger partial charge in [0.25, 0.3) is 0 Å². The minimum atomic E-state index is -0.293. The molecule has 0 radical (unpaired) electrons. The lowest BCUT2D eigenvalue weighted by molar-refractivity contribution is 0.303. The Morgan fingerprint density at radius 2 is 1.82 bits per heavy atom. The summed E-state index contributed by atoms with van der Waals surface area (Å²) in [7, 11) is 1.60. The largest absolute Gasteiger partial charge is 0.497 e. The number of ether oxygens (including phenoxy) is 2. The third-order valence-corrected chi connectivity index (χ3v) is 3.29. The summed E-state index contributed by atoms with van der Waals surface area (Å²) in [6.45, 7) is 0.419. The predicted molar refractivity (Wildman–Crippen MR) is 82.6 cm³/mol. The zero-order chi connectivity index (χ0) is 15.8. The predicted octanol–water partition coefficient (Wildman–Crippen LogP) is 3.64. The van der Waals surface area contributed by atoms with Crippen molar-refractivity contribution >= 4 is 0 Å². The summed E-state index contributed by atoms with van der Waals surface area (Å²) >= 11 is 0. The van der Waals surface area contributed by atoms with Gasteiger partial charge in [-0.25, -0.2) is 0 Å². The molecular weight excluding hydrogens is 276 g/mol. The first-order valence-electron chi connectivity index (χ1n) is 6.93. The van der Waals surface area contributed by atoms with Crippen molar-refractivity contribution in [3.63, 3.8) is 0 Å². The molecule has 2 aromatic carbocycles.